The van der Waals surface area contributed by atoms with E-state index in [4.69, 9.17) is 19.8 Å². The third kappa shape index (κ3) is 4.98. The number of rotatable bonds is 9. The van der Waals surface area contributed by atoms with Gasteiger partial charge in [0, 0.05) is 11.6 Å². The molecule has 2 aromatic heterocycles. The molecule has 0 aliphatic rings. The maximum absolute atomic E-state index is 12.3. The zero-order chi connectivity index (χ0) is 23.4. The fraction of sp³-hybridized carbons (Fsp3) is 0.200. The van der Waals surface area contributed by atoms with Gasteiger partial charge in [-0.2, -0.15) is 13.8 Å². The van der Waals surface area contributed by atoms with Crippen molar-refractivity contribution in [3.05, 3.63) is 48.4 Å². The number of thioether (sulfide) groups is 1. The van der Waals surface area contributed by atoms with E-state index >= 15 is 0 Å². The van der Waals surface area contributed by atoms with E-state index in [0.29, 0.717) is 51.1 Å². The lowest BCUT2D eigenvalue weighted by Gasteiger charge is -2.07. The summed E-state index contributed by atoms with van der Waals surface area (Å²) in [6.07, 6.45) is 0. The van der Waals surface area contributed by atoms with Gasteiger partial charge < -0.3 is 24.6 Å². The molecule has 0 saturated heterocycles. The minimum atomic E-state index is -2.90. The van der Waals surface area contributed by atoms with E-state index in [0.717, 1.165) is 0 Å². The molecule has 2 aromatic carbocycles. The molecule has 0 radical (unpaired) electrons. The topological polar surface area (TPSA) is 123 Å². The summed E-state index contributed by atoms with van der Waals surface area (Å²) in [5.41, 5.74) is 1.24. The van der Waals surface area contributed by atoms with Crippen LogP contribution >= 0.6 is 11.8 Å². The number of methoxy groups -OCH3 is 2. The third-order valence-electron chi connectivity index (χ3n) is 4.44. The Morgan fingerprint density at radius 2 is 1.82 bits per heavy atom. The maximum Gasteiger partial charge on any atom is 0.387 e. The standard InChI is InChI=1S/C20H18F2N6O4S/c1-29-13-7-8-14(15(9-13)30-2)17-24-16(32-27-17)10-33-20-26-25-18(28(20)23)11-3-5-12(6-4-11)31-19(21)22/h3-9,19H,10,23H2,1-2H3. The molecule has 0 aliphatic carbocycles. The number of nitrogen functional groups attached to an aromatic ring is 1. The van der Waals surface area contributed by atoms with Gasteiger partial charge in [0.25, 0.3) is 0 Å². The first-order valence-corrected chi connectivity index (χ1v) is 10.4. The Bertz CT molecular complexity index is 1230. The molecule has 172 valence electrons. The van der Waals surface area contributed by atoms with Crippen LogP contribution in [0.2, 0.25) is 0 Å². The van der Waals surface area contributed by atoms with Crippen molar-refractivity contribution >= 4 is 11.8 Å². The van der Waals surface area contributed by atoms with Crippen molar-refractivity contribution < 1.29 is 27.5 Å². The molecule has 10 nitrogen and oxygen atoms in total. The van der Waals surface area contributed by atoms with E-state index in [1.807, 2.05) is 0 Å². The lowest BCUT2D eigenvalue weighted by atomic mass is 10.2. The first kappa shape index (κ1) is 22.3. The summed E-state index contributed by atoms with van der Waals surface area (Å²) < 4.78 is 46.1. The fourth-order valence-corrected chi connectivity index (χ4v) is 3.58. The molecule has 0 amide bonds. The van der Waals surface area contributed by atoms with Gasteiger partial charge in [-0.25, -0.2) is 4.68 Å². The SMILES string of the molecule is COc1ccc(-c2noc(CSc3nnc(-c4ccc(OC(F)F)cc4)n3N)n2)c(OC)c1. The number of hydrogen-bond acceptors (Lipinski definition) is 10. The van der Waals surface area contributed by atoms with E-state index < -0.39 is 6.61 Å². The molecule has 0 unspecified atom stereocenters. The van der Waals surface area contributed by atoms with E-state index in [-0.39, 0.29) is 5.75 Å². The molecule has 33 heavy (non-hydrogen) atoms. The van der Waals surface area contributed by atoms with E-state index in [1.165, 1.54) is 28.6 Å². The molecule has 0 saturated carbocycles. The predicted molar refractivity (Wildman–Crippen MR) is 115 cm³/mol. The van der Waals surface area contributed by atoms with Crippen LogP contribution in [0.4, 0.5) is 8.78 Å². The third-order valence-corrected chi connectivity index (χ3v) is 5.37. The van der Waals surface area contributed by atoms with E-state index in [9.17, 15) is 8.78 Å². The van der Waals surface area contributed by atoms with Gasteiger partial charge in [0.2, 0.25) is 16.9 Å². The molecule has 4 rings (SSSR count). The van der Waals surface area contributed by atoms with Crippen molar-refractivity contribution in [2.45, 2.75) is 17.5 Å². The average molecular weight is 476 g/mol. The summed E-state index contributed by atoms with van der Waals surface area (Å²) in [4.78, 5) is 4.39. The van der Waals surface area contributed by atoms with Crippen LogP contribution in [0.1, 0.15) is 5.89 Å². The Labute approximate surface area is 190 Å². The van der Waals surface area contributed by atoms with Gasteiger partial charge in [-0.15, -0.1) is 10.2 Å². The van der Waals surface area contributed by atoms with Crippen LogP contribution in [0.5, 0.6) is 17.2 Å². The van der Waals surface area contributed by atoms with Gasteiger partial charge in [0.05, 0.1) is 25.5 Å². The second kappa shape index (κ2) is 9.73. The Morgan fingerprint density at radius 1 is 1.06 bits per heavy atom. The van der Waals surface area contributed by atoms with Crippen molar-refractivity contribution in [3.8, 4) is 40.0 Å². The van der Waals surface area contributed by atoms with Crippen LogP contribution in [-0.4, -0.2) is 45.8 Å². The molecule has 13 heteroatoms. The molecule has 0 bridgehead atoms. The molecule has 0 fully saturated rings. The van der Waals surface area contributed by atoms with Crippen LogP contribution < -0.4 is 20.1 Å². The van der Waals surface area contributed by atoms with Crippen LogP contribution in [0.15, 0.2) is 52.1 Å². The lowest BCUT2D eigenvalue weighted by Crippen LogP contribution is -2.11. The molecular weight excluding hydrogens is 458 g/mol. The summed E-state index contributed by atoms with van der Waals surface area (Å²) in [7, 11) is 3.11. The second-order valence-corrected chi connectivity index (χ2v) is 7.39. The molecule has 2 heterocycles. The summed E-state index contributed by atoms with van der Waals surface area (Å²) in [6, 6.07) is 11.2. The minimum Gasteiger partial charge on any atom is -0.497 e. The van der Waals surface area contributed by atoms with E-state index in [2.05, 4.69) is 25.1 Å². The first-order chi connectivity index (χ1) is 16.0. The molecule has 2 N–H and O–H groups in total. The molecular formula is C20H18F2N6O4S. The van der Waals surface area contributed by atoms with Crippen molar-refractivity contribution in [1.29, 1.82) is 0 Å². The maximum atomic E-state index is 12.3. The highest BCUT2D eigenvalue weighted by Crippen LogP contribution is 2.32. The van der Waals surface area contributed by atoms with Crippen molar-refractivity contribution in [2.24, 2.45) is 0 Å². The largest absolute Gasteiger partial charge is 0.497 e. The number of hydrogen-bond donors (Lipinski definition) is 1. The molecule has 4 aromatic rings. The minimum absolute atomic E-state index is 0.0344. The monoisotopic (exact) mass is 476 g/mol. The van der Waals surface area contributed by atoms with Gasteiger partial charge in [0.1, 0.15) is 17.2 Å². The second-order valence-electron chi connectivity index (χ2n) is 6.45. The molecule has 0 atom stereocenters. The number of nitrogens with two attached hydrogens (primary N) is 1. The van der Waals surface area contributed by atoms with Crippen molar-refractivity contribution in [1.82, 2.24) is 25.0 Å². The number of ether oxygens (including phenoxy) is 3. The quantitative estimate of drug-likeness (QED) is 0.283. The Balaban J connectivity index is 1.45. The van der Waals surface area contributed by atoms with Crippen LogP contribution in [0.3, 0.4) is 0 Å². The molecule has 0 spiro atoms. The van der Waals surface area contributed by atoms with Gasteiger partial charge in [-0.1, -0.05) is 16.9 Å². The highest BCUT2D eigenvalue weighted by atomic mass is 32.2. The summed E-state index contributed by atoms with van der Waals surface area (Å²) in [5.74, 6) is 8.70. The lowest BCUT2D eigenvalue weighted by molar-refractivity contribution is -0.0498. The van der Waals surface area contributed by atoms with Gasteiger partial charge in [0.15, 0.2) is 5.82 Å². The number of nitrogens with zero attached hydrogens (tertiary/aromatic N) is 5. The highest BCUT2D eigenvalue weighted by molar-refractivity contribution is 7.98. The van der Waals surface area contributed by atoms with Gasteiger partial charge >= 0.3 is 6.61 Å². The molecule has 0 aliphatic heterocycles. The number of aromatic nitrogens is 5. The zero-order valence-corrected chi connectivity index (χ0v) is 18.3. The summed E-state index contributed by atoms with van der Waals surface area (Å²) in [6.45, 7) is -2.90. The predicted octanol–water partition coefficient (Wildman–Crippen LogP) is 3.62. The normalized spacial score (nSPS) is 11.1. The number of benzene rings is 2. The first-order valence-electron chi connectivity index (χ1n) is 9.42. The van der Waals surface area contributed by atoms with Crippen molar-refractivity contribution in [3.63, 3.8) is 0 Å². The van der Waals surface area contributed by atoms with Gasteiger partial charge in [-0.05, 0) is 36.4 Å². The smallest absolute Gasteiger partial charge is 0.387 e. The van der Waals surface area contributed by atoms with Crippen LogP contribution in [-0.2, 0) is 5.75 Å². The highest BCUT2D eigenvalue weighted by Gasteiger charge is 2.17. The Kier molecular flexibility index (Phi) is 6.58. The van der Waals surface area contributed by atoms with E-state index in [1.54, 1.807) is 44.6 Å². The van der Waals surface area contributed by atoms with Crippen LogP contribution in [0.25, 0.3) is 22.8 Å². The summed E-state index contributed by atoms with van der Waals surface area (Å²) in [5, 5.41) is 12.5. The number of halogens is 2. The zero-order valence-electron chi connectivity index (χ0n) is 17.4. The fourth-order valence-electron chi connectivity index (χ4n) is 2.89. The Hall–Kier alpha value is -3.87. The van der Waals surface area contributed by atoms with Crippen molar-refractivity contribution in [2.75, 3.05) is 20.1 Å². The summed E-state index contributed by atoms with van der Waals surface area (Å²) >= 11 is 1.24. The Morgan fingerprint density at radius 3 is 2.52 bits per heavy atom. The number of alkyl halides is 2. The average Bonchev–Trinajstić information content (AvgIpc) is 3.44. The van der Waals surface area contributed by atoms with Crippen LogP contribution in [0, 0.1) is 0 Å². The van der Waals surface area contributed by atoms with Gasteiger partial charge in [-0.3, -0.25) is 0 Å².